The largest absolute Gasteiger partial charge is 0.382 e. The number of rotatable bonds is 8. The lowest BCUT2D eigenvalue weighted by Gasteiger charge is -2.06. The summed E-state index contributed by atoms with van der Waals surface area (Å²) in [6.07, 6.45) is 2.48. The van der Waals surface area contributed by atoms with Gasteiger partial charge < -0.3 is 10.1 Å². The molecule has 0 radical (unpaired) electrons. The van der Waals surface area contributed by atoms with Crippen LogP contribution in [-0.4, -0.2) is 51.1 Å². The second kappa shape index (κ2) is 7.11. The molecule has 0 aliphatic rings. The first-order valence-corrected chi connectivity index (χ1v) is 6.78. The number of aromatic nitrogens is 5. The Bertz CT molecular complexity index is 606. The maximum absolute atomic E-state index is 12.1. The normalized spacial score (nSPS) is 11.3. The molecule has 110 valence electrons. The van der Waals surface area contributed by atoms with E-state index in [1.807, 2.05) is 6.92 Å². The summed E-state index contributed by atoms with van der Waals surface area (Å²) in [6, 6.07) is 0. The van der Waals surface area contributed by atoms with Crippen LogP contribution in [0.2, 0.25) is 0 Å². The quantitative estimate of drug-likeness (QED) is 0.659. The third kappa shape index (κ3) is 3.40. The fraction of sp³-hybridized carbons (Fsp3) is 0.667. The Morgan fingerprint density at radius 2 is 2.25 bits per heavy atom. The van der Waals surface area contributed by atoms with Crippen LogP contribution in [0, 0.1) is 0 Å². The Kier molecular flexibility index (Phi) is 5.19. The molecule has 0 saturated heterocycles. The standard InChI is InChI=1S/C12H20N6O2/c1-3-20-8-4-5-13-6-7-18-12(19)10-9-14-17(2)11(10)15-16-18/h9,13H,3-8H2,1-2H3. The van der Waals surface area contributed by atoms with Gasteiger partial charge in [-0.3, -0.25) is 4.79 Å². The first kappa shape index (κ1) is 14.6. The van der Waals surface area contributed by atoms with E-state index >= 15 is 0 Å². The second-order valence-electron chi connectivity index (χ2n) is 4.42. The van der Waals surface area contributed by atoms with Gasteiger partial charge in [0.05, 0.1) is 12.7 Å². The number of hydrogen-bond acceptors (Lipinski definition) is 6. The number of aryl methyl sites for hydroxylation is 1. The molecular weight excluding hydrogens is 260 g/mol. The molecular formula is C12H20N6O2. The van der Waals surface area contributed by atoms with Gasteiger partial charge in [0, 0.05) is 26.8 Å². The van der Waals surface area contributed by atoms with Crippen molar-refractivity contribution in [2.75, 3.05) is 26.3 Å². The summed E-state index contributed by atoms with van der Waals surface area (Å²) in [5, 5.41) is 15.7. The lowest BCUT2D eigenvalue weighted by atomic mass is 10.4. The maximum atomic E-state index is 12.1. The molecule has 8 nitrogen and oxygen atoms in total. The molecule has 20 heavy (non-hydrogen) atoms. The highest BCUT2D eigenvalue weighted by atomic mass is 16.5. The molecule has 2 aromatic rings. The molecule has 2 aromatic heterocycles. The van der Waals surface area contributed by atoms with E-state index in [1.165, 1.54) is 10.9 Å². The van der Waals surface area contributed by atoms with Crippen LogP contribution < -0.4 is 10.9 Å². The van der Waals surface area contributed by atoms with Crippen molar-refractivity contribution in [3.63, 3.8) is 0 Å². The second-order valence-corrected chi connectivity index (χ2v) is 4.42. The van der Waals surface area contributed by atoms with Crippen molar-refractivity contribution in [1.82, 2.24) is 30.1 Å². The van der Waals surface area contributed by atoms with Gasteiger partial charge in [0.15, 0.2) is 5.65 Å². The molecule has 1 N–H and O–H groups in total. The van der Waals surface area contributed by atoms with Crippen LogP contribution >= 0.6 is 0 Å². The summed E-state index contributed by atoms with van der Waals surface area (Å²) in [6.45, 7) is 5.50. The third-order valence-corrected chi connectivity index (χ3v) is 2.97. The number of ether oxygens (including phenoxy) is 1. The van der Waals surface area contributed by atoms with E-state index in [1.54, 1.807) is 11.7 Å². The Balaban J connectivity index is 1.84. The van der Waals surface area contributed by atoms with E-state index in [2.05, 4.69) is 20.7 Å². The fourth-order valence-electron chi connectivity index (χ4n) is 1.88. The van der Waals surface area contributed by atoms with E-state index in [4.69, 9.17) is 4.74 Å². The van der Waals surface area contributed by atoms with Crippen molar-refractivity contribution in [3.05, 3.63) is 16.6 Å². The van der Waals surface area contributed by atoms with Gasteiger partial charge in [-0.1, -0.05) is 5.21 Å². The molecule has 2 heterocycles. The molecule has 0 fully saturated rings. The predicted octanol–water partition coefficient (Wildman–Crippen LogP) is -0.459. The molecule has 0 aromatic carbocycles. The smallest absolute Gasteiger partial charge is 0.280 e. The van der Waals surface area contributed by atoms with Gasteiger partial charge in [-0.15, -0.1) is 5.10 Å². The minimum atomic E-state index is -0.154. The minimum Gasteiger partial charge on any atom is -0.382 e. The van der Waals surface area contributed by atoms with Gasteiger partial charge in [0.1, 0.15) is 5.39 Å². The lowest BCUT2D eigenvalue weighted by Crippen LogP contribution is -2.30. The zero-order valence-corrected chi connectivity index (χ0v) is 11.9. The van der Waals surface area contributed by atoms with Crippen molar-refractivity contribution in [1.29, 1.82) is 0 Å². The van der Waals surface area contributed by atoms with Gasteiger partial charge in [-0.25, -0.2) is 9.36 Å². The number of fused-ring (bicyclic) bond motifs is 1. The molecule has 0 unspecified atom stereocenters. The summed E-state index contributed by atoms with van der Waals surface area (Å²) in [4.78, 5) is 12.1. The Hall–Kier alpha value is -1.80. The van der Waals surface area contributed by atoms with Crippen LogP contribution in [0.4, 0.5) is 0 Å². The number of hydrogen-bond donors (Lipinski definition) is 1. The van der Waals surface area contributed by atoms with Gasteiger partial charge >= 0.3 is 0 Å². The molecule has 0 spiro atoms. The van der Waals surface area contributed by atoms with E-state index < -0.39 is 0 Å². The topological polar surface area (TPSA) is 86.9 Å². The van der Waals surface area contributed by atoms with Crippen molar-refractivity contribution >= 4 is 11.0 Å². The summed E-state index contributed by atoms with van der Waals surface area (Å²) < 4.78 is 8.14. The fourth-order valence-corrected chi connectivity index (χ4v) is 1.88. The first-order chi connectivity index (χ1) is 9.74. The molecule has 0 amide bonds. The van der Waals surface area contributed by atoms with E-state index in [0.717, 1.165) is 26.2 Å². The Morgan fingerprint density at radius 1 is 1.40 bits per heavy atom. The van der Waals surface area contributed by atoms with E-state index in [9.17, 15) is 4.79 Å². The Labute approximate surface area is 116 Å². The van der Waals surface area contributed by atoms with Crippen LogP contribution in [0.15, 0.2) is 11.0 Å². The predicted molar refractivity (Wildman–Crippen MR) is 74.5 cm³/mol. The van der Waals surface area contributed by atoms with Gasteiger partial charge in [0.2, 0.25) is 0 Å². The monoisotopic (exact) mass is 280 g/mol. The zero-order valence-electron chi connectivity index (χ0n) is 11.9. The number of nitrogens with one attached hydrogen (secondary N) is 1. The molecule has 0 atom stereocenters. The molecule has 0 aliphatic carbocycles. The maximum Gasteiger partial charge on any atom is 0.280 e. The van der Waals surface area contributed by atoms with Gasteiger partial charge in [0.25, 0.3) is 5.56 Å². The highest BCUT2D eigenvalue weighted by Crippen LogP contribution is 2.01. The molecule has 2 rings (SSSR count). The van der Waals surface area contributed by atoms with Crippen LogP contribution in [0.5, 0.6) is 0 Å². The molecule has 0 bridgehead atoms. The lowest BCUT2D eigenvalue weighted by molar-refractivity contribution is 0.144. The average molecular weight is 280 g/mol. The van der Waals surface area contributed by atoms with Crippen LogP contribution in [0.25, 0.3) is 11.0 Å². The highest BCUT2D eigenvalue weighted by molar-refractivity contribution is 5.72. The highest BCUT2D eigenvalue weighted by Gasteiger charge is 2.08. The third-order valence-electron chi connectivity index (χ3n) is 2.97. The minimum absolute atomic E-state index is 0.154. The van der Waals surface area contributed by atoms with Crippen LogP contribution in [-0.2, 0) is 18.3 Å². The molecule has 0 aliphatic heterocycles. The van der Waals surface area contributed by atoms with Gasteiger partial charge in [-0.2, -0.15) is 5.10 Å². The van der Waals surface area contributed by atoms with E-state index in [-0.39, 0.29) is 5.56 Å². The average Bonchev–Trinajstić information content (AvgIpc) is 2.82. The SMILES string of the molecule is CCOCCCNCCn1nnc2c(cnn2C)c1=O. The summed E-state index contributed by atoms with van der Waals surface area (Å²) in [5.41, 5.74) is 0.357. The van der Waals surface area contributed by atoms with Crippen molar-refractivity contribution < 1.29 is 4.74 Å². The van der Waals surface area contributed by atoms with Crippen molar-refractivity contribution in [2.45, 2.75) is 19.9 Å². The van der Waals surface area contributed by atoms with Gasteiger partial charge in [-0.05, 0) is 19.9 Å². The summed E-state index contributed by atoms with van der Waals surface area (Å²) >= 11 is 0. The molecule has 0 saturated carbocycles. The summed E-state index contributed by atoms with van der Waals surface area (Å²) in [7, 11) is 1.74. The zero-order chi connectivity index (χ0) is 14.4. The van der Waals surface area contributed by atoms with Crippen molar-refractivity contribution in [2.24, 2.45) is 7.05 Å². The summed E-state index contributed by atoms with van der Waals surface area (Å²) in [5.74, 6) is 0. The first-order valence-electron chi connectivity index (χ1n) is 6.78. The molecule has 8 heteroatoms. The van der Waals surface area contributed by atoms with Crippen molar-refractivity contribution in [3.8, 4) is 0 Å². The Morgan fingerprint density at radius 3 is 3.05 bits per heavy atom. The van der Waals surface area contributed by atoms with Crippen LogP contribution in [0.3, 0.4) is 0 Å². The van der Waals surface area contributed by atoms with E-state index in [0.29, 0.717) is 24.1 Å². The number of nitrogens with zero attached hydrogens (tertiary/aromatic N) is 5. The van der Waals surface area contributed by atoms with Crippen LogP contribution in [0.1, 0.15) is 13.3 Å².